The number of methoxy groups -OCH3 is 2. The standard InChI is InChI=1S/C26H37N5O13/c1-11-7-30(25(38)28-21(11)36)23-17(35)19(14(9-32)43-23)42-10-15(33)27-13(5-6-40-3)18-16(34)20(41-4)24(44-18)31-8-12(2)22(37)29-26(31)39/h7-8,13-14,16-20,23-24,32,34-35H,5-6,9-10H2,1-4H3,(H,27,33)(H,28,36,38)(H,29,37,39)/t13-,14+,16+,17+,18+,19+,20+,23+,24+/m0/s1. The predicted octanol–water partition coefficient (Wildman–Crippen LogP) is -3.87. The maximum absolute atomic E-state index is 13.0. The van der Waals surface area contributed by atoms with E-state index in [4.69, 9.17) is 23.7 Å². The molecule has 0 bridgehead atoms. The molecule has 1 amide bonds. The van der Waals surface area contributed by atoms with Crippen LogP contribution in [0.2, 0.25) is 0 Å². The number of aromatic nitrogens is 4. The van der Waals surface area contributed by atoms with Crippen LogP contribution in [0.5, 0.6) is 0 Å². The minimum atomic E-state index is -1.51. The zero-order chi connectivity index (χ0) is 32.3. The van der Waals surface area contributed by atoms with E-state index in [9.17, 15) is 39.3 Å². The van der Waals surface area contributed by atoms with Crippen LogP contribution in [0.25, 0.3) is 0 Å². The van der Waals surface area contributed by atoms with Gasteiger partial charge in [0.15, 0.2) is 12.5 Å². The minimum absolute atomic E-state index is 0.148. The molecule has 2 saturated heterocycles. The molecule has 4 heterocycles. The molecule has 0 unspecified atom stereocenters. The van der Waals surface area contributed by atoms with Gasteiger partial charge in [0, 0.05) is 44.3 Å². The van der Waals surface area contributed by atoms with Crippen molar-refractivity contribution in [2.75, 3.05) is 34.0 Å². The number of ether oxygens (including phenoxy) is 5. The Balaban J connectivity index is 1.47. The highest BCUT2D eigenvalue weighted by Crippen LogP contribution is 2.33. The van der Waals surface area contributed by atoms with Gasteiger partial charge in [0.2, 0.25) is 5.91 Å². The number of aryl methyl sites for hydroxylation is 2. The first kappa shape index (κ1) is 33.4. The molecule has 2 aliphatic rings. The first-order valence-corrected chi connectivity index (χ1v) is 13.8. The lowest BCUT2D eigenvalue weighted by atomic mass is 10.0. The zero-order valence-corrected chi connectivity index (χ0v) is 24.5. The number of aliphatic hydroxyl groups is 3. The first-order chi connectivity index (χ1) is 20.9. The lowest BCUT2D eigenvalue weighted by Crippen LogP contribution is -2.51. The Morgan fingerprint density at radius 2 is 1.55 bits per heavy atom. The summed E-state index contributed by atoms with van der Waals surface area (Å²) in [6, 6.07) is -0.878. The van der Waals surface area contributed by atoms with Crippen molar-refractivity contribution in [1.29, 1.82) is 0 Å². The van der Waals surface area contributed by atoms with Gasteiger partial charge in [0.25, 0.3) is 11.1 Å². The summed E-state index contributed by atoms with van der Waals surface area (Å²) in [7, 11) is 2.76. The fourth-order valence-electron chi connectivity index (χ4n) is 5.32. The van der Waals surface area contributed by atoms with E-state index in [0.29, 0.717) is 0 Å². The van der Waals surface area contributed by atoms with Crippen molar-refractivity contribution in [3.63, 3.8) is 0 Å². The highest BCUT2D eigenvalue weighted by atomic mass is 16.6. The molecule has 9 atom stereocenters. The third-order valence-electron chi connectivity index (χ3n) is 7.64. The topological polar surface area (TPSA) is 246 Å². The predicted molar refractivity (Wildman–Crippen MR) is 148 cm³/mol. The largest absolute Gasteiger partial charge is 0.394 e. The summed E-state index contributed by atoms with van der Waals surface area (Å²) >= 11 is 0. The zero-order valence-electron chi connectivity index (χ0n) is 24.5. The smallest absolute Gasteiger partial charge is 0.330 e. The molecule has 0 saturated carbocycles. The van der Waals surface area contributed by atoms with Crippen LogP contribution in [-0.2, 0) is 28.5 Å². The second-order valence-electron chi connectivity index (χ2n) is 10.6. The van der Waals surface area contributed by atoms with Gasteiger partial charge in [-0.3, -0.25) is 33.5 Å². The second kappa shape index (κ2) is 14.1. The van der Waals surface area contributed by atoms with Gasteiger partial charge in [-0.25, -0.2) is 9.59 Å². The van der Waals surface area contributed by atoms with Crippen molar-refractivity contribution < 1.29 is 43.8 Å². The van der Waals surface area contributed by atoms with Gasteiger partial charge >= 0.3 is 11.4 Å². The van der Waals surface area contributed by atoms with Crippen LogP contribution in [0.4, 0.5) is 0 Å². The molecule has 0 aromatic carbocycles. The average Bonchev–Trinajstić information content (AvgIpc) is 3.48. The van der Waals surface area contributed by atoms with Gasteiger partial charge in [-0.15, -0.1) is 0 Å². The van der Waals surface area contributed by atoms with Crippen LogP contribution in [0.15, 0.2) is 31.6 Å². The molecule has 2 fully saturated rings. The summed E-state index contributed by atoms with van der Waals surface area (Å²) in [6.07, 6.45) is -7.13. The van der Waals surface area contributed by atoms with E-state index in [1.807, 2.05) is 0 Å². The van der Waals surface area contributed by atoms with Crippen LogP contribution < -0.4 is 27.8 Å². The van der Waals surface area contributed by atoms with Crippen molar-refractivity contribution in [2.45, 2.75) is 75.4 Å². The number of H-pyrrole nitrogens is 2. The van der Waals surface area contributed by atoms with Gasteiger partial charge in [-0.2, -0.15) is 0 Å². The summed E-state index contributed by atoms with van der Waals surface area (Å²) in [5, 5.41) is 34.5. The molecule has 0 radical (unpaired) electrons. The lowest BCUT2D eigenvalue weighted by Gasteiger charge is -2.27. The number of aliphatic hydroxyl groups excluding tert-OH is 3. The number of carbonyl (C=O) groups is 1. The Morgan fingerprint density at radius 3 is 2.09 bits per heavy atom. The number of aromatic amines is 2. The molecule has 2 aromatic heterocycles. The van der Waals surface area contributed by atoms with Crippen molar-refractivity contribution in [1.82, 2.24) is 24.4 Å². The van der Waals surface area contributed by atoms with E-state index < -0.39 is 96.7 Å². The second-order valence-corrected chi connectivity index (χ2v) is 10.6. The Morgan fingerprint density at radius 1 is 0.955 bits per heavy atom. The molecule has 2 aliphatic heterocycles. The van der Waals surface area contributed by atoms with Gasteiger partial charge < -0.3 is 44.3 Å². The van der Waals surface area contributed by atoms with Crippen molar-refractivity contribution in [3.05, 3.63) is 65.2 Å². The van der Waals surface area contributed by atoms with E-state index in [1.54, 1.807) is 0 Å². The van der Waals surface area contributed by atoms with Gasteiger partial charge in [0.05, 0.1) is 12.6 Å². The van der Waals surface area contributed by atoms with Gasteiger partial charge in [-0.05, 0) is 20.3 Å². The highest BCUT2D eigenvalue weighted by molar-refractivity contribution is 5.77. The van der Waals surface area contributed by atoms with Gasteiger partial charge in [-0.1, -0.05) is 0 Å². The van der Waals surface area contributed by atoms with E-state index in [0.717, 1.165) is 9.13 Å². The summed E-state index contributed by atoms with van der Waals surface area (Å²) in [4.78, 5) is 65.8. The summed E-state index contributed by atoms with van der Waals surface area (Å²) < 4.78 is 29.9. The quantitative estimate of drug-likeness (QED) is 0.132. The van der Waals surface area contributed by atoms with Crippen LogP contribution >= 0.6 is 0 Å². The molecule has 244 valence electrons. The van der Waals surface area contributed by atoms with E-state index in [1.165, 1.54) is 40.5 Å². The van der Waals surface area contributed by atoms with Crippen LogP contribution in [-0.4, -0.2) is 117 Å². The molecule has 18 nitrogen and oxygen atoms in total. The third kappa shape index (κ3) is 6.76. The summed E-state index contributed by atoms with van der Waals surface area (Å²) in [5.74, 6) is -0.694. The van der Waals surface area contributed by atoms with E-state index >= 15 is 0 Å². The Labute approximate surface area is 249 Å². The fourth-order valence-corrected chi connectivity index (χ4v) is 5.32. The molecular formula is C26H37N5O13. The van der Waals surface area contributed by atoms with Crippen molar-refractivity contribution in [2.24, 2.45) is 0 Å². The molecule has 44 heavy (non-hydrogen) atoms. The van der Waals surface area contributed by atoms with E-state index in [-0.39, 0.29) is 24.2 Å². The number of nitrogens with zero attached hydrogens (tertiary/aromatic N) is 2. The van der Waals surface area contributed by atoms with Crippen molar-refractivity contribution >= 4 is 5.91 Å². The number of amides is 1. The van der Waals surface area contributed by atoms with Crippen molar-refractivity contribution in [3.8, 4) is 0 Å². The summed E-state index contributed by atoms with van der Waals surface area (Å²) in [6.45, 7) is 1.86. The Bertz CT molecular complexity index is 1550. The average molecular weight is 628 g/mol. The number of rotatable bonds is 12. The molecular weight excluding hydrogens is 590 g/mol. The molecule has 6 N–H and O–H groups in total. The normalized spacial score (nSPS) is 29.2. The molecule has 0 spiro atoms. The molecule has 18 heteroatoms. The van der Waals surface area contributed by atoms with Gasteiger partial charge in [0.1, 0.15) is 43.2 Å². The van der Waals surface area contributed by atoms with Crippen LogP contribution in [0, 0.1) is 13.8 Å². The maximum Gasteiger partial charge on any atom is 0.330 e. The number of carbonyl (C=O) groups excluding carboxylic acids is 1. The first-order valence-electron chi connectivity index (χ1n) is 13.8. The number of nitrogens with one attached hydrogen (secondary N) is 3. The molecule has 0 aliphatic carbocycles. The third-order valence-corrected chi connectivity index (χ3v) is 7.64. The lowest BCUT2D eigenvalue weighted by molar-refractivity contribution is -0.134. The molecule has 4 rings (SSSR count). The minimum Gasteiger partial charge on any atom is -0.394 e. The fraction of sp³-hybridized carbons (Fsp3) is 0.654. The maximum atomic E-state index is 13.0. The SMILES string of the molecule is COCC[C@H](NC(=O)CO[C@H]1[C@@H](O)[C@H](n2cc(C)c(=O)[nH]c2=O)O[C@@H]1CO)[C@H]1O[C@@H](n2cc(C)c(=O)[nH]c2=O)[C@H](OC)[C@@H]1O. The number of hydrogen-bond donors (Lipinski definition) is 6. The number of hydrogen-bond acceptors (Lipinski definition) is 13. The monoisotopic (exact) mass is 627 g/mol. The van der Waals surface area contributed by atoms with Crippen LogP contribution in [0.3, 0.4) is 0 Å². The molecule has 2 aromatic rings. The van der Waals surface area contributed by atoms with Crippen LogP contribution in [0.1, 0.15) is 30.0 Å². The highest BCUT2D eigenvalue weighted by Gasteiger charge is 2.49. The summed E-state index contributed by atoms with van der Waals surface area (Å²) in [5.41, 5.74) is -2.40. The Hall–Kier alpha value is -3.49. The Kier molecular flexibility index (Phi) is 10.7. The van der Waals surface area contributed by atoms with E-state index in [2.05, 4.69) is 15.3 Å².